The van der Waals surface area contributed by atoms with Gasteiger partial charge in [0.2, 0.25) is 6.33 Å². The second kappa shape index (κ2) is 3.40. The fourth-order valence-electron chi connectivity index (χ4n) is 2.15. The van der Waals surface area contributed by atoms with Crippen molar-refractivity contribution in [2.75, 3.05) is 0 Å². The molecule has 1 aromatic carbocycles. The number of benzene rings is 1. The van der Waals surface area contributed by atoms with Gasteiger partial charge in [0.1, 0.15) is 5.69 Å². The average Bonchev–Trinajstić information content (AvgIpc) is 2.83. The van der Waals surface area contributed by atoms with Gasteiger partial charge in [-0.3, -0.25) is 0 Å². The zero-order valence-electron chi connectivity index (χ0n) is 9.05. The van der Waals surface area contributed by atoms with Crippen LogP contribution in [0.25, 0.3) is 5.69 Å². The lowest BCUT2D eigenvalue weighted by molar-refractivity contribution is -0.714. The first-order valence-corrected chi connectivity index (χ1v) is 5.46. The van der Waals surface area contributed by atoms with Crippen LogP contribution in [-0.2, 0) is 0 Å². The maximum absolute atomic E-state index is 13.6. The molecular formula is C12H13FN3+. The van der Waals surface area contributed by atoms with E-state index in [1.54, 1.807) is 4.68 Å². The highest BCUT2D eigenvalue weighted by molar-refractivity contribution is 5.29. The van der Waals surface area contributed by atoms with Gasteiger partial charge in [0.05, 0.1) is 6.04 Å². The maximum atomic E-state index is 13.6. The molecule has 1 aromatic heterocycles. The summed E-state index contributed by atoms with van der Waals surface area (Å²) >= 11 is 0. The maximum Gasteiger partial charge on any atom is 0.312 e. The molecule has 1 aliphatic heterocycles. The zero-order valence-corrected chi connectivity index (χ0v) is 9.05. The number of para-hydroxylation sites is 1. The summed E-state index contributed by atoms with van der Waals surface area (Å²) in [6.07, 6.45) is 1.48. The third-order valence-corrected chi connectivity index (χ3v) is 3.03. The SMILES string of the molecule is C[C@@H]1CC(F)c2nn(-c3ccccc3)c[n+]21. The second-order valence-electron chi connectivity index (χ2n) is 4.21. The quantitative estimate of drug-likeness (QED) is 0.672. The lowest BCUT2D eigenvalue weighted by Crippen LogP contribution is -2.34. The standard InChI is InChI=1S/C12H13FN3/c1-9-7-11(13)12-14-16(8-15(9)12)10-5-3-2-4-6-10/h2-6,8-9,11H,7H2,1H3/q+1/t9-,11?/m1/s1. The molecule has 0 saturated heterocycles. The minimum atomic E-state index is -0.931. The van der Waals surface area contributed by atoms with Crippen LogP contribution < -0.4 is 4.57 Å². The van der Waals surface area contributed by atoms with Crippen LogP contribution in [0.5, 0.6) is 0 Å². The summed E-state index contributed by atoms with van der Waals surface area (Å²) in [7, 11) is 0. The highest BCUT2D eigenvalue weighted by Crippen LogP contribution is 2.29. The molecule has 1 aliphatic rings. The predicted molar refractivity (Wildman–Crippen MR) is 56.9 cm³/mol. The van der Waals surface area contributed by atoms with Gasteiger partial charge in [-0.25, -0.2) is 8.96 Å². The molecule has 82 valence electrons. The van der Waals surface area contributed by atoms with Gasteiger partial charge in [-0.2, -0.15) is 0 Å². The van der Waals surface area contributed by atoms with Crippen molar-refractivity contribution in [2.24, 2.45) is 0 Å². The first-order valence-electron chi connectivity index (χ1n) is 5.46. The van der Waals surface area contributed by atoms with Gasteiger partial charge in [0.15, 0.2) is 6.17 Å². The molecule has 0 bridgehead atoms. The van der Waals surface area contributed by atoms with E-state index >= 15 is 0 Å². The zero-order chi connectivity index (χ0) is 11.1. The summed E-state index contributed by atoms with van der Waals surface area (Å²) in [6.45, 7) is 2.01. The van der Waals surface area contributed by atoms with Crippen LogP contribution in [0.3, 0.4) is 0 Å². The van der Waals surface area contributed by atoms with Crippen LogP contribution >= 0.6 is 0 Å². The first-order chi connectivity index (χ1) is 7.75. The lowest BCUT2D eigenvalue weighted by Gasteiger charge is -1.98. The number of fused-ring (bicyclic) bond motifs is 1. The van der Waals surface area contributed by atoms with Crippen molar-refractivity contribution in [1.82, 2.24) is 9.78 Å². The Labute approximate surface area is 93.1 Å². The Morgan fingerprint density at radius 2 is 2.12 bits per heavy atom. The van der Waals surface area contributed by atoms with E-state index in [-0.39, 0.29) is 6.04 Å². The highest BCUT2D eigenvalue weighted by atomic mass is 19.1. The molecule has 2 atom stereocenters. The molecule has 0 aliphatic carbocycles. The Bertz CT molecular complexity index is 481. The van der Waals surface area contributed by atoms with Crippen LogP contribution in [0, 0.1) is 0 Å². The molecule has 0 radical (unpaired) electrons. The van der Waals surface area contributed by atoms with Gasteiger partial charge in [0.25, 0.3) is 0 Å². The van der Waals surface area contributed by atoms with E-state index in [1.165, 1.54) is 0 Å². The van der Waals surface area contributed by atoms with Gasteiger partial charge >= 0.3 is 5.82 Å². The van der Waals surface area contributed by atoms with E-state index < -0.39 is 6.17 Å². The van der Waals surface area contributed by atoms with E-state index in [0.29, 0.717) is 12.2 Å². The second-order valence-corrected chi connectivity index (χ2v) is 4.21. The average molecular weight is 218 g/mol. The molecular weight excluding hydrogens is 205 g/mol. The first kappa shape index (κ1) is 9.51. The Balaban J connectivity index is 2.07. The van der Waals surface area contributed by atoms with Crippen molar-refractivity contribution in [3.05, 3.63) is 42.5 Å². The van der Waals surface area contributed by atoms with Gasteiger partial charge < -0.3 is 0 Å². The Kier molecular flexibility index (Phi) is 2.02. The number of halogens is 1. The van der Waals surface area contributed by atoms with Crippen molar-refractivity contribution >= 4 is 0 Å². The molecule has 0 spiro atoms. The largest absolute Gasteiger partial charge is 0.312 e. The molecule has 2 aromatic rings. The summed E-state index contributed by atoms with van der Waals surface area (Å²) in [4.78, 5) is 0. The smallest absolute Gasteiger partial charge is 0.235 e. The van der Waals surface area contributed by atoms with Crippen molar-refractivity contribution < 1.29 is 8.96 Å². The van der Waals surface area contributed by atoms with Crippen LogP contribution in [0.2, 0.25) is 0 Å². The van der Waals surface area contributed by atoms with Crippen LogP contribution in [0.15, 0.2) is 36.7 Å². The Morgan fingerprint density at radius 3 is 2.81 bits per heavy atom. The number of nitrogens with zero attached hydrogens (tertiary/aromatic N) is 3. The van der Waals surface area contributed by atoms with Crippen LogP contribution in [-0.4, -0.2) is 9.78 Å². The number of rotatable bonds is 1. The fraction of sp³-hybridized carbons (Fsp3) is 0.333. The molecule has 2 heterocycles. The van der Waals surface area contributed by atoms with E-state index in [2.05, 4.69) is 5.10 Å². The van der Waals surface area contributed by atoms with Crippen LogP contribution in [0.1, 0.15) is 31.4 Å². The Hall–Kier alpha value is -1.71. The third kappa shape index (κ3) is 1.33. The molecule has 16 heavy (non-hydrogen) atoms. The van der Waals surface area contributed by atoms with Crippen molar-refractivity contribution in [1.29, 1.82) is 0 Å². The third-order valence-electron chi connectivity index (χ3n) is 3.03. The van der Waals surface area contributed by atoms with Gasteiger partial charge in [-0.1, -0.05) is 22.9 Å². The monoisotopic (exact) mass is 218 g/mol. The molecule has 0 amide bonds. The number of aromatic nitrogens is 3. The number of hydrogen-bond acceptors (Lipinski definition) is 1. The summed E-state index contributed by atoms with van der Waals surface area (Å²) in [6, 6.07) is 9.96. The molecule has 1 unspecified atom stereocenters. The molecule has 0 saturated carbocycles. The normalized spacial score (nSPS) is 23.4. The predicted octanol–water partition coefficient (Wildman–Crippen LogP) is 2.14. The summed E-state index contributed by atoms with van der Waals surface area (Å²) < 4.78 is 17.2. The number of alkyl halides is 1. The van der Waals surface area contributed by atoms with E-state index in [1.807, 2.05) is 48.1 Å². The summed E-state index contributed by atoms with van der Waals surface area (Å²) in [5.41, 5.74) is 0.962. The van der Waals surface area contributed by atoms with Gasteiger partial charge in [-0.15, -0.1) is 0 Å². The minimum absolute atomic E-state index is 0.197. The summed E-state index contributed by atoms with van der Waals surface area (Å²) in [5.74, 6) is 0.538. The lowest BCUT2D eigenvalue weighted by atomic mass is 10.2. The fourth-order valence-corrected chi connectivity index (χ4v) is 2.15. The summed E-state index contributed by atoms with van der Waals surface area (Å²) in [5, 5.41) is 4.30. The van der Waals surface area contributed by atoms with Gasteiger partial charge in [0, 0.05) is 11.5 Å². The van der Waals surface area contributed by atoms with E-state index in [9.17, 15) is 4.39 Å². The van der Waals surface area contributed by atoms with Crippen molar-refractivity contribution in [3.8, 4) is 5.69 Å². The molecule has 3 nitrogen and oxygen atoms in total. The van der Waals surface area contributed by atoms with E-state index in [4.69, 9.17) is 0 Å². The van der Waals surface area contributed by atoms with Crippen molar-refractivity contribution in [2.45, 2.75) is 25.6 Å². The van der Waals surface area contributed by atoms with Crippen molar-refractivity contribution in [3.63, 3.8) is 0 Å². The molecule has 0 fully saturated rings. The Morgan fingerprint density at radius 1 is 1.38 bits per heavy atom. The molecule has 0 N–H and O–H groups in total. The minimum Gasteiger partial charge on any atom is -0.235 e. The van der Waals surface area contributed by atoms with Crippen LogP contribution in [0.4, 0.5) is 4.39 Å². The molecule has 3 rings (SSSR count). The molecule has 4 heteroatoms. The van der Waals surface area contributed by atoms with E-state index in [0.717, 1.165) is 5.69 Å². The number of hydrogen-bond donors (Lipinski definition) is 0. The van der Waals surface area contributed by atoms with Gasteiger partial charge in [-0.05, 0) is 19.1 Å². The topological polar surface area (TPSA) is 21.7 Å². The highest BCUT2D eigenvalue weighted by Gasteiger charge is 2.37.